The molecule has 0 spiro atoms. The second kappa shape index (κ2) is 6.87. The van der Waals surface area contributed by atoms with Crippen molar-refractivity contribution in [1.82, 2.24) is 10.2 Å². The molecule has 0 aromatic heterocycles. The summed E-state index contributed by atoms with van der Waals surface area (Å²) in [6.07, 6.45) is 0.992. The van der Waals surface area contributed by atoms with E-state index in [9.17, 15) is 4.39 Å². The van der Waals surface area contributed by atoms with Crippen molar-refractivity contribution in [2.75, 3.05) is 26.2 Å². The van der Waals surface area contributed by atoms with Gasteiger partial charge >= 0.3 is 0 Å². The molecule has 3 nitrogen and oxygen atoms in total. The number of benzene rings is 1. The lowest BCUT2D eigenvalue weighted by atomic mass is 10.1. The Labute approximate surface area is 114 Å². The molecule has 1 heterocycles. The number of nitrogens with one attached hydrogen (secondary N) is 1. The van der Waals surface area contributed by atoms with Gasteiger partial charge in [0, 0.05) is 31.7 Å². The molecule has 0 amide bonds. The van der Waals surface area contributed by atoms with Crippen LogP contribution < -0.4 is 10.1 Å². The van der Waals surface area contributed by atoms with Gasteiger partial charge in [-0.1, -0.05) is 0 Å². The minimum atomic E-state index is -0.226. The molecular weight excluding hydrogens is 243 g/mol. The Kier molecular flexibility index (Phi) is 5.16. The van der Waals surface area contributed by atoms with Gasteiger partial charge in [-0.15, -0.1) is 0 Å². The lowest BCUT2D eigenvalue weighted by Gasteiger charge is -2.39. The van der Waals surface area contributed by atoms with E-state index >= 15 is 0 Å². The zero-order valence-electron chi connectivity index (χ0n) is 11.7. The van der Waals surface area contributed by atoms with Crippen molar-refractivity contribution in [1.29, 1.82) is 0 Å². The summed E-state index contributed by atoms with van der Waals surface area (Å²) in [5.41, 5.74) is 0. The molecule has 2 unspecified atom stereocenters. The van der Waals surface area contributed by atoms with Gasteiger partial charge in [0.2, 0.25) is 0 Å². The highest BCUT2D eigenvalue weighted by Gasteiger charge is 2.23. The lowest BCUT2D eigenvalue weighted by molar-refractivity contribution is 0.109. The fourth-order valence-corrected chi connectivity index (χ4v) is 2.58. The Bertz CT molecular complexity index is 372. The van der Waals surface area contributed by atoms with Crippen LogP contribution in [0, 0.1) is 5.82 Å². The van der Waals surface area contributed by atoms with Gasteiger partial charge in [0.05, 0.1) is 6.61 Å². The maximum Gasteiger partial charge on any atom is 0.123 e. The van der Waals surface area contributed by atoms with Crippen LogP contribution in [0.15, 0.2) is 24.3 Å². The number of halogens is 1. The maximum absolute atomic E-state index is 12.7. The van der Waals surface area contributed by atoms with Crippen molar-refractivity contribution in [3.8, 4) is 5.75 Å². The second-order valence-electron chi connectivity index (χ2n) is 5.25. The van der Waals surface area contributed by atoms with Crippen LogP contribution in [0.4, 0.5) is 4.39 Å². The zero-order chi connectivity index (χ0) is 13.7. The SMILES string of the molecule is CC1CNCC(C)N1CCCOc1ccc(F)cc1. The van der Waals surface area contributed by atoms with Crippen molar-refractivity contribution in [2.45, 2.75) is 32.4 Å². The van der Waals surface area contributed by atoms with Gasteiger partial charge in [-0.05, 0) is 44.5 Å². The topological polar surface area (TPSA) is 24.5 Å². The van der Waals surface area contributed by atoms with E-state index < -0.39 is 0 Å². The Hall–Kier alpha value is -1.13. The van der Waals surface area contributed by atoms with Crippen LogP contribution >= 0.6 is 0 Å². The Morgan fingerprint density at radius 3 is 2.47 bits per heavy atom. The fraction of sp³-hybridized carbons (Fsp3) is 0.600. The number of nitrogens with zero attached hydrogens (tertiary/aromatic N) is 1. The first-order chi connectivity index (χ1) is 9.16. The summed E-state index contributed by atoms with van der Waals surface area (Å²) in [4.78, 5) is 2.52. The normalized spacial score (nSPS) is 24.4. The van der Waals surface area contributed by atoms with Crippen LogP contribution in [-0.2, 0) is 0 Å². The third-order valence-corrected chi connectivity index (χ3v) is 3.65. The van der Waals surface area contributed by atoms with Gasteiger partial charge < -0.3 is 10.1 Å². The first kappa shape index (κ1) is 14.3. The van der Waals surface area contributed by atoms with E-state index in [0.29, 0.717) is 18.7 Å². The van der Waals surface area contributed by atoms with E-state index in [4.69, 9.17) is 4.74 Å². The Balaban J connectivity index is 1.70. The van der Waals surface area contributed by atoms with Crippen LogP contribution in [-0.4, -0.2) is 43.2 Å². The van der Waals surface area contributed by atoms with Crippen LogP contribution in [0.1, 0.15) is 20.3 Å². The summed E-state index contributed by atoms with van der Waals surface area (Å²) < 4.78 is 18.3. The minimum Gasteiger partial charge on any atom is -0.494 e. The molecule has 1 aromatic rings. The number of rotatable bonds is 5. The standard InChI is InChI=1S/C15H23FN2O/c1-12-10-17-11-13(2)18(12)8-3-9-19-15-6-4-14(16)5-7-15/h4-7,12-13,17H,3,8-11H2,1-2H3. The number of ether oxygens (including phenoxy) is 1. The van der Waals surface area contributed by atoms with Gasteiger partial charge in [0.15, 0.2) is 0 Å². The Morgan fingerprint density at radius 2 is 1.84 bits per heavy atom. The van der Waals surface area contributed by atoms with E-state index in [1.54, 1.807) is 12.1 Å². The number of hydrogen-bond acceptors (Lipinski definition) is 3. The molecule has 2 rings (SSSR count). The summed E-state index contributed by atoms with van der Waals surface area (Å²) in [5, 5.41) is 3.43. The third kappa shape index (κ3) is 4.18. The van der Waals surface area contributed by atoms with Gasteiger partial charge in [-0.3, -0.25) is 4.90 Å². The van der Waals surface area contributed by atoms with Gasteiger partial charge in [-0.25, -0.2) is 4.39 Å². The average Bonchev–Trinajstić information content (AvgIpc) is 2.39. The van der Waals surface area contributed by atoms with Crippen molar-refractivity contribution in [2.24, 2.45) is 0 Å². The summed E-state index contributed by atoms with van der Waals surface area (Å²) in [6.45, 7) is 8.35. The summed E-state index contributed by atoms with van der Waals surface area (Å²) in [5.74, 6) is 0.513. The summed E-state index contributed by atoms with van der Waals surface area (Å²) in [6, 6.07) is 7.35. The molecule has 2 atom stereocenters. The summed E-state index contributed by atoms with van der Waals surface area (Å²) in [7, 11) is 0. The van der Waals surface area contributed by atoms with Crippen LogP contribution in [0.25, 0.3) is 0 Å². The highest BCUT2D eigenvalue weighted by atomic mass is 19.1. The quantitative estimate of drug-likeness (QED) is 0.828. The van der Waals surface area contributed by atoms with Gasteiger partial charge in [0.1, 0.15) is 11.6 Å². The zero-order valence-corrected chi connectivity index (χ0v) is 11.7. The van der Waals surface area contributed by atoms with Crippen molar-refractivity contribution in [3.05, 3.63) is 30.1 Å². The molecule has 0 bridgehead atoms. The molecule has 1 aromatic carbocycles. The monoisotopic (exact) mass is 266 g/mol. The predicted molar refractivity (Wildman–Crippen MR) is 75.0 cm³/mol. The molecule has 0 saturated carbocycles. The first-order valence-corrected chi connectivity index (χ1v) is 7.01. The molecule has 1 saturated heterocycles. The van der Waals surface area contributed by atoms with Crippen molar-refractivity contribution < 1.29 is 9.13 Å². The highest BCUT2D eigenvalue weighted by Crippen LogP contribution is 2.13. The van der Waals surface area contributed by atoms with Crippen molar-refractivity contribution >= 4 is 0 Å². The van der Waals surface area contributed by atoms with E-state index in [0.717, 1.165) is 31.8 Å². The molecular formula is C15H23FN2O. The molecule has 0 aliphatic carbocycles. The smallest absolute Gasteiger partial charge is 0.123 e. The molecule has 1 aliphatic heterocycles. The third-order valence-electron chi connectivity index (χ3n) is 3.65. The largest absolute Gasteiger partial charge is 0.494 e. The molecule has 1 fully saturated rings. The maximum atomic E-state index is 12.7. The predicted octanol–water partition coefficient (Wildman–Crippen LogP) is 2.28. The van der Waals surface area contributed by atoms with E-state index in [-0.39, 0.29) is 5.82 Å². The fourth-order valence-electron chi connectivity index (χ4n) is 2.58. The highest BCUT2D eigenvalue weighted by molar-refractivity contribution is 5.21. The summed E-state index contributed by atoms with van der Waals surface area (Å²) >= 11 is 0. The molecule has 1 N–H and O–H groups in total. The van der Waals surface area contributed by atoms with Crippen LogP contribution in [0.5, 0.6) is 5.75 Å². The first-order valence-electron chi connectivity index (χ1n) is 7.01. The number of hydrogen-bond donors (Lipinski definition) is 1. The van der Waals surface area contributed by atoms with Gasteiger partial charge in [-0.2, -0.15) is 0 Å². The molecule has 1 aliphatic rings. The molecule has 106 valence electrons. The van der Waals surface area contributed by atoms with Gasteiger partial charge in [0.25, 0.3) is 0 Å². The van der Waals surface area contributed by atoms with E-state index in [2.05, 4.69) is 24.1 Å². The minimum absolute atomic E-state index is 0.226. The average molecular weight is 266 g/mol. The molecule has 0 radical (unpaired) electrons. The lowest BCUT2D eigenvalue weighted by Crippen LogP contribution is -2.55. The Morgan fingerprint density at radius 1 is 1.21 bits per heavy atom. The van der Waals surface area contributed by atoms with E-state index in [1.807, 2.05) is 0 Å². The number of piperazine rings is 1. The molecule has 4 heteroatoms. The van der Waals surface area contributed by atoms with Crippen LogP contribution in [0.3, 0.4) is 0 Å². The van der Waals surface area contributed by atoms with Crippen molar-refractivity contribution in [3.63, 3.8) is 0 Å². The van der Waals surface area contributed by atoms with Crippen LogP contribution in [0.2, 0.25) is 0 Å². The van der Waals surface area contributed by atoms with E-state index in [1.165, 1.54) is 12.1 Å². The molecule has 19 heavy (non-hydrogen) atoms. The second-order valence-corrected chi connectivity index (χ2v) is 5.25.